The van der Waals surface area contributed by atoms with Gasteiger partial charge in [-0.1, -0.05) is 23.2 Å². The first-order valence-corrected chi connectivity index (χ1v) is 7.59. The highest BCUT2D eigenvalue weighted by Crippen LogP contribution is 2.27. The van der Waals surface area contributed by atoms with Gasteiger partial charge in [-0.3, -0.25) is 4.90 Å². The van der Waals surface area contributed by atoms with Crippen molar-refractivity contribution in [2.45, 2.75) is 6.42 Å². The summed E-state index contributed by atoms with van der Waals surface area (Å²) >= 11 is 11.9. The number of carbonyl (C=O) groups excluding carboxylic acids is 1. The third-order valence-electron chi connectivity index (χ3n) is 3.14. The zero-order valence-electron chi connectivity index (χ0n) is 12.2. The summed E-state index contributed by atoms with van der Waals surface area (Å²) in [7, 11) is 1.28. The molecule has 0 spiro atoms. The maximum Gasteiger partial charge on any atom is 0.513 e. The molecule has 5 nitrogen and oxygen atoms in total. The van der Waals surface area contributed by atoms with Crippen LogP contribution >= 0.6 is 23.2 Å². The number of methoxy groups -OCH3 is 1. The van der Waals surface area contributed by atoms with Crippen LogP contribution in [-0.2, 0) is 9.47 Å². The summed E-state index contributed by atoms with van der Waals surface area (Å²) in [5.41, 5.74) is 0. The van der Waals surface area contributed by atoms with E-state index in [9.17, 15) is 4.79 Å². The Hall–Kier alpha value is -1.43. The summed E-state index contributed by atoms with van der Waals surface area (Å²) in [5.74, 6) is 1.20. The van der Waals surface area contributed by atoms with Crippen LogP contribution in [0.25, 0.3) is 0 Å². The van der Waals surface area contributed by atoms with E-state index >= 15 is 0 Å². The maximum atomic E-state index is 11.1. The molecule has 0 saturated heterocycles. The minimum Gasteiger partial charge on any atom is -0.491 e. The van der Waals surface area contributed by atoms with E-state index in [1.54, 1.807) is 18.2 Å². The zero-order chi connectivity index (χ0) is 15.9. The number of nitrogens with zero attached hydrogens (tertiary/aromatic N) is 1. The SMILES string of the molecule is COC(=O)OC1=CCCN(CCOc2ccc(Cl)cc2Cl)C1. The molecule has 0 saturated carbocycles. The van der Waals surface area contributed by atoms with Gasteiger partial charge in [-0.15, -0.1) is 0 Å². The molecule has 1 aromatic carbocycles. The van der Waals surface area contributed by atoms with Crippen molar-refractivity contribution in [3.8, 4) is 5.75 Å². The van der Waals surface area contributed by atoms with Gasteiger partial charge in [0.1, 0.15) is 18.1 Å². The molecular formula is C15H17Cl2NO4. The molecule has 0 bridgehead atoms. The molecule has 0 radical (unpaired) electrons. The number of benzene rings is 1. The highest BCUT2D eigenvalue weighted by molar-refractivity contribution is 6.35. The smallest absolute Gasteiger partial charge is 0.491 e. The largest absolute Gasteiger partial charge is 0.513 e. The molecule has 1 heterocycles. The van der Waals surface area contributed by atoms with Crippen LogP contribution < -0.4 is 4.74 Å². The van der Waals surface area contributed by atoms with Crippen LogP contribution in [0, 0.1) is 0 Å². The summed E-state index contributed by atoms with van der Waals surface area (Å²) in [4.78, 5) is 13.2. The molecule has 1 aromatic rings. The lowest BCUT2D eigenvalue weighted by atomic mass is 10.2. The Morgan fingerprint density at radius 3 is 2.91 bits per heavy atom. The van der Waals surface area contributed by atoms with Crippen molar-refractivity contribution >= 4 is 29.4 Å². The Kier molecular flexibility index (Phi) is 6.36. The van der Waals surface area contributed by atoms with E-state index < -0.39 is 6.16 Å². The van der Waals surface area contributed by atoms with Gasteiger partial charge in [0.25, 0.3) is 0 Å². The highest BCUT2D eigenvalue weighted by Gasteiger charge is 2.16. The van der Waals surface area contributed by atoms with Crippen molar-refractivity contribution < 1.29 is 19.0 Å². The average molecular weight is 346 g/mol. The highest BCUT2D eigenvalue weighted by atomic mass is 35.5. The topological polar surface area (TPSA) is 48.0 Å². The number of hydrogen-bond acceptors (Lipinski definition) is 5. The lowest BCUT2D eigenvalue weighted by Crippen LogP contribution is -2.34. The molecule has 0 amide bonds. The maximum absolute atomic E-state index is 11.1. The summed E-state index contributed by atoms with van der Waals surface area (Å²) in [6.45, 7) is 2.60. The summed E-state index contributed by atoms with van der Waals surface area (Å²) in [6, 6.07) is 5.12. The van der Waals surface area contributed by atoms with Gasteiger partial charge in [0.05, 0.1) is 18.7 Å². The fourth-order valence-electron chi connectivity index (χ4n) is 2.06. The second-order valence-corrected chi connectivity index (χ2v) is 5.56. The van der Waals surface area contributed by atoms with Crippen molar-refractivity contribution in [3.05, 3.63) is 40.1 Å². The molecule has 1 aliphatic heterocycles. The number of ether oxygens (including phenoxy) is 3. The monoisotopic (exact) mass is 345 g/mol. The Morgan fingerprint density at radius 1 is 1.36 bits per heavy atom. The van der Waals surface area contributed by atoms with Crippen molar-refractivity contribution in [1.82, 2.24) is 4.90 Å². The molecule has 0 unspecified atom stereocenters. The molecule has 0 aliphatic carbocycles. The third kappa shape index (κ3) is 5.09. The number of hydrogen-bond donors (Lipinski definition) is 0. The molecule has 0 fully saturated rings. The first kappa shape index (κ1) is 16.9. The van der Waals surface area contributed by atoms with Gasteiger partial charge in [-0.25, -0.2) is 4.79 Å². The Bertz CT molecular complexity index is 562. The van der Waals surface area contributed by atoms with Gasteiger partial charge in [0, 0.05) is 18.1 Å². The third-order valence-corrected chi connectivity index (χ3v) is 3.67. The first-order chi connectivity index (χ1) is 10.6. The lowest BCUT2D eigenvalue weighted by molar-refractivity contribution is 0.0859. The van der Waals surface area contributed by atoms with Crippen molar-refractivity contribution in [3.63, 3.8) is 0 Å². The van der Waals surface area contributed by atoms with Crippen LogP contribution in [0.1, 0.15) is 6.42 Å². The molecule has 2 rings (SSSR count). The van der Waals surface area contributed by atoms with Crippen LogP contribution in [0.15, 0.2) is 30.0 Å². The van der Waals surface area contributed by atoms with Crippen LogP contribution in [0.2, 0.25) is 10.0 Å². The van der Waals surface area contributed by atoms with Crippen molar-refractivity contribution in [1.29, 1.82) is 0 Å². The number of carbonyl (C=O) groups is 1. The first-order valence-electron chi connectivity index (χ1n) is 6.83. The molecule has 22 heavy (non-hydrogen) atoms. The summed E-state index contributed by atoms with van der Waals surface area (Å²) in [6.07, 6.45) is 2.01. The molecule has 0 N–H and O–H groups in total. The van der Waals surface area contributed by atoms with Gasteiger partial charge >= 0.3 is 6.16 Å². The lowest BCUT2D eigenvalue weighted by Gasteiger charge is -2.26. The fraction of sp³-hybridized carbons (Fsp3) is 0.400. The van der Waals surface area contributed by atoms with Gasteiger partial charge in [-0.05, 0) is 30.7 Å². The van der Waals surface area contributed by atoms with E-state index in [0.717, 1.165) is 13.0 Å². The van der Waals surface area contributed by atoms with E-state index in [2.05, 4.69) is 9.64 Å². The van der Waals surface area contributed by atoms with Crippen LogP contribution in [0.5, 0.6) is 5.75 Å². The fourth-order valence-corrected chi connectivity index (χ4v) is 2.53. The van der Waals surface area contributed by atoms with Crippen LogP contribution in [0.4, 0.5) is 4.79 Å². The standard InChI is InChI=1S/C15H17Cl2NO4/c1-20-15(19)22-12-3-2-6-18(10-12)7-8-21-14-5-4-11(16)9-13(14)17/h3-5,9H,2,6-8,10H2,1H3. The predicted octanol–water partition coefficient (Wildman–Crippen LogP) is 3.74. The van der Waals surface area contributed by atoms with Crippen LogP contribution in [0.3, 0.4) is 0 Å². The second kappa shape index (κ2) is 8.27. The summed E-state index contributed by atoms with van der Waals surface area (Å²) in [5, 5.41) is 1.06. The zero-order valence-corrected chi connectivity index (χ0v) is 13.7. The van der Waals surface area contributed by atoms with E-state index in [4.69, 9.17) is 32.7 Å². The van der Waals surface area contributed by atoms with E-state index in [1.165, 1.54) is 7.11 Å². The van der Waals surface area contributed by atoms with Gasteiger partial charge in [0.15, 0.2) is 0 Å². The van der Waals surface area contributed by atoms with E-state index in [1.807, 2.05) is 6.08 Å². The van der Waals surface area contributed by atoms with E-state index in [0.29, 0.717) is 41.3 Å². The Morgan fingerprint density at radius 2 is 2.18 bits per heavy atom. The van der Waals surface area contributed by atoms with Gasteiger partial charge in [-0.2, -0.15) is 0 Å². The average Bonchev–Trinajstić information content (AvgIpc) is 2.50. The van der Waals surface area contributed by atoms with Crippen LogP contribution in [-0.4, -0.2) is 44.4 Å². The Balaban J connectivity index is 1.78. The van der Waals surface area contributed by atoms with Gasteiger partial charge in [0.2, 0.25) is 0 Å². The quantitative estimate of drug-likeness (QED) is 0.760. The number of rotatable bonds is 5. The normalized spacial score (nSPS) is 15.1. The minimum atomic E-state index is -0.697. The molecular weight excluding hydrogens is 329 g/mol. The van der Waals surface area contributed by atoms with Gasteiger partial charge < -0.3 is 14.2 Å². The second-order valence-electron chi connectivity index (χ2n) is 4.71. The predicted molar refractivity (Wildman–Crippen MR) is 84.6 cm³/mol. The van der Waals surface area contributed by atoms with E-state index in [-0.39, 0.29) is 0 Å². The Labute approximate surface area is 139 Å². The minimum absolute atomic E-state index is 0.479. The summed E-state index contributed by atoms with van der Waals surface area (Å²) < 4.78 is 15.2. The molecule has 120 valence electrons. The molecule has 0 aromatic heterocycles. The molecule has 7 heteroatoms. The molecule has 0 atom stereocenters. The molecule has 1 aliphatic rings. The number of halogens is 2. The van der Waals surface area contributed by atoms with Crippen molar-refractivity contribution in [2.24, 2.45) is 0 Å². The van der Waals surface area contributed by atoms with Crippen molar-refractivity contribution in [2.75, 3.05) is 33.4 Å².